The molecule has 246 valence electrons. The van der Waals surface area contributed by atoms with Crippen molar-refractivity contribution in [3.05, 3.63) is 85.5 Å². The molecule has 4 atom stereocenters. The molecular weight excluding hydrogens is 777 g/mol. The van der Waals surface area contributed by atoms with Gasteiger partial charge in [0.15, 0.2) is 0 Å². The number of ether oxygens (including phenoxy) is 3. The van der Waals surface area contributed by atoms with E-state index in [4.69, 9.17) is 29.5 Å². The minimum absolute atomic E-state index is 0.0522. The molecule has 12 heteroatoms. The molecule has 1 aliphatic rings. The maximum absolute atomic E-state index is 13.1. The number of hydrogen-bond donors (Lipinski definition) is 3. The Labute approximate surface area is 282 Å². The fourth-order valence-corrected chi connectivity index (χ4v) is 4.86. The first-order chi connectivity index (χ1) is 20.7. The Morgan fingerprint density at radius 2 is 1.05 bits per heavy atom. The number of rotatable bonds is 8. The average Bonchev–Trinajstić information content (AvgIpc) is 3.50. The molecule has 3 N–H and O–H groups in total. The van der Waals surface area contributed by atoms with Crippen LogP contribution in [0.25, 0.3) is 0 Å². The molecule has 1 aliphatic heterocycles. The van der Waals surface area contributed by atoms with Crippen molar-refractivity contribution in [3.63, 3.8) is 0 Å². The third-order valence-electron chi connectivity index (χ3n) is 5.53. The molecular formula is C32H40Br3F3O6. The van der Waals surface area contributed by atoms with Crippen LogP contribution in [-0.2, 0) is 4.74 Å². The number of aliphatic hydroxyl groups is 2. The van der Waals surface area contributed by atoms with Gasteiger partial charge in [0.05, 0.1) is 37.8 Å². The van der Waals surface area contributed by atoms with Gasteiger partial charge in [-0.15, -0.1) is 0 Å². The van der Waals surface area contributed by atoms with Gasteiger partial charge in [-0.1, -0.05) is 0 Å². The van der Waals surface area contributed by atoms with E-state index in [-0.39, 0.29) is 47.6 Å². The smallest absolute Gasteiger partial charge is 0.134 e. The van der Waals surface area contributed by atoms with Crippen molar-refractivity contribution in [2.24, 2.45) is 0 Å². The fraction of sp³-hybridized carbons (Fsp3) is 0.438. The lowest BCUT2D eigenvalue weighted by molar-refractivity contribution is 0.102. The molecule has 0 aliphatic carbocycles. The number of phenols is 1. The quantitative estimate of drug-likeness (QED) is 0.210. The van der Waals surface area contributed by atoms with Crippen molar-refractivity contribution in [1.29, 1.82) is 0 Å². The van der Waals surface area contributed by atoms with E-state index in [1.54, 1.807) is 26.0 Å². The van der Waals surface area contributed by atoms with Gasteiger partial charge in [-0.3, -0.25) is 0 Å². The molecule has 0 radical (unpaired) electrons. The molecule has 0 amide bonds. The van der Waals surface area contributed by atoms with E-state index in [0.29, 0.717) is 37.8 Å². The Balaban J connectivity index is 0.000000372. The number of aliphatic hydroxyl groups excluding tert-OH is 2. The Kier molecular flexibility index (Phi) is 19.9. The van der Waals surface area contributed by atoms with E-state index in [0.717, 1.165) is 13.2 Å². The van der Waals surface area contributed by atoms with Gasteiger partial charge < -0.3 is 29.5 Å². The average molecular weight is 817 g/mol. The highest BCUT2D eigenvalue weighted by Gasteiger charge is 2.15. The standard InChI is InChI=1S/C17H16Br2F2O2.C6H4BrFO.C5H12O2.C4H8O/c1-10(22-16-5-3-12(20)8-14(16)18)7-11(2)23-17-6-4-13(21)9-15(17)19;7-5-3-4(8)1-2-6(5)9;1-4(6)3-5(2)7;1-2-4-5-3-1/h3-6,8-11H,7H2,1-2H3;1-3,9H;4-7H,3H2,1-2H3;1-4H2/t10-,11+;;4-,5+;. The van der Waals surface area contributed by atoms with Gasteiger partial charge in [0, 0.05) is 19.6 Å². The molecule has 0 aromatic heterocycles. The van der Waals surface area contributed by atoms with Crippen LogP contribution in [0, 0.1) is 17.5 Å². The number of aromatic hydroxyl groups is 1. The fourth-order valence-electron chi connectivity index (χ4n) is 3.62. The maximum Gasteiger partial charge on any atom is 0.134 e. The van der Waals surface area contributed by atoms with Crippen LogP contribution in [0.15, 0.2) is 68.0 Å². The highest BCUT2D eigenvalue weighted by Crippen LogP contribution is 2.29. The normalized spacial score (nSPS) is 14.7. The monoisotopic (exact) mass is 814 g/mol. The minimum Gasteiger partial charge on any atom is -0.507 e. The van der Waals surface area contributed by atoms with Gasteiger partial charge in [-0.05, 0) is 149 Å². The van der Waals surface area contributed by atoms with Gasteiger partial charge >= 0.3 is 0 Å². The van der Waals surface area contributed by atoms with Gasteiger partial charge in [0.25, 0.3) is 0 Å². The third kappa shape index (κ3) is 18.2. The summed E-state index contributed by atoms with van der Waals surface area (Å²) >= 11 is 9.50. The first-order valence-corrected chi connectivity index (χ1v) is 16.4. The van der Waals surface area contributed by atoms with Crippen molar-refractivity contribution in [2.45, 2.75) is 77.8 Å². The van der Waals surface area contributed by atoms with E-state index >= 15 is 0 Å². The highest BCUT2D eigenvalue weighted by molar-refractivity contribution is 9.11. The van der Waals surface area contributed by atoms with Crippen molar-refractivity contribution in [2.75, 3.05) is 13.2 Å². The van der Waals surface area contributed by atoms with Crippen LogP contribution < -0.4 is 9.47 Å². The topological polar surface area (TPSA) is 88.4 Å². The maximum atomic E-state index is 13.1. The van der Waals surface area contributed by atoms with Crippen LogP contribution in [0.2, 0.25) is 0 Å². The summed E-state index contributed by atoms with van der Waals surface area (Å²) in [5.74, 6) is 0.198. The Morgan fingerprint density at radius 3 is 1.32 bits per heavy atom. The Bertz CT molecular complexity index is 1170. The zero-order chi connectivity index (χ0) is 33.2. The molecule has 1 saturated heterocycles. The molecule has 3 aromatic carbocycles. The molecule has 0 saturated carbocycles. The zero-order valence-electron chi connectivity index (χ0n) is 25.1. The summed E-state index contributed by atoms with van der Waals surface area (Å²) in [6.07, 6.45) is 2.63. The molecule has 4 rings (SSSR count). The molecule has 1 heterocycles. The molecule has 0 unspecified atom stereocenters. The number of halogens is 6. The lowest BCUT2D eigenvalue weighted by Crippen LogP contribution is -2.23. The number of hydrogen-bond acceptors (Lipinski definition) is 6. The second-order valence-electron chi connectivity index (χ2n) is 10.1. The number of phenolic OH excluding ortho intramolecular Hbond substituents is 1. The van der Waals surface area contributed by atoms with E-state index < -0.39 is 0 Å². The SMILES string of the molecule is C1CCOC1.C[C@H](C[C@H](C)Oc1ccc(F)cc1Br)Oc1ccc(F)cc1Br.C[C@H](O)C[C@@H](C)O.Oc1ccc(F)cc1Br. The summed E-state index contributed by atoms with van der Waals surface area (Å²) < 4.78 is 56.4. The molecule has 1 fully saturated rings. The van der Waals surface area contributed by atoms with Gasteiger partial charge in [0.2, 0.25) is 0 Å². The highest BCUT2D eigenvalue weighted by atomic mass is 79.9. The molecule has 0 bridgehead atoms. The second-order valence-corrected chi connectivity index (χ2v) is 12.7. The van der Waals surface area contributed by atoms with Crippen LogP contribution in [0.3, 0.4) is 0 Å². The summed E-state index contributed by atoms with van der Waals surface area (Å²) in [4.78, 5) is 0. The van der Waals surface area contributed by atoms with Crippen molar-refractivity contribution in [1.82, 2.24) is 0 Å². The molecule has 0 spiro atoms. The van der Waals surface area contributed by atoms with E-state index in [2.05, 4.69) is 47.8 Å². The summed E-state index contributed by atoms with van der Waals surface area (Å²) in [7, 11) is 0. The van der Waals surface area contributed by atoms with Crippen LogP contribution in [0.4, 0.5) is 13.2 Å². The van der Waals surface area contributed by atoms with Gasteiger partial charge in [0.1, 0.15) is 34.7 Å². The van der Waals surface area contributed by atoms with Gasteiger partial charge in [-0.25, -0.2) is 13.2 Å². The van der Waals surface area contributed by atoms with Crippen molar-refractivity contribution < 1.29 is 42.7 Å². The summed E-state index contributed by atoms with van der Waals surface area (Å²) in [5.41, 5.74) is 0. The summed E-state index contributed by atoms with van der Waals surface area (Å²) in [6.45, 7) is 9.14. The Hall–Kier alpha value is -1.83. The van der Waals surface area contributed by atoms with E-state index in [1.807, 2.05) is 13.8 Å². The van der Waals surface area contributed by atoms with E-state index in [9.17, 15) is 13.2 Å². The second kappa shape index (κ2) is 21.8. The zero-order valence-corrected chi connectivity index (χ0v) is 29.8. The van der Waals surface area contributed by atoms with Crippen LogP contribution in [0.1, 0.15) is 53.4 Å². The predicted molar refractivity (Wildman–Crippen MR) is 177 cm³/mol. The molecule has 3 aromatic rings. The third-order valence-corrected chi connectivity index (χ3v) is 7.40. The van der Waals surface area contributed by atoms with Crippen LogP contribution >= 0.6 is 47.8 Å². The van der Waals surface area contributed by atoms with E-state index in [1.165, 1.54) is 55.3 Å². The largest absolute Gasteiger partial charge is 0.507 e. The van der Waals surface area contributed by atoms with Crippen LogP contribution in [0.5, 0.6) is 17.2 Å². The first-order valence-electron chi connectivity index (χ1n) is 14.0. The first kappa shape index (κ1) is 40.2. The van der Waals surface area contributed by atoms with Crippen molar-refractivity contribution in [3.8, 4) is 17.2 Å². The molecule has 6 nitrogen and oxygen atoms in total. The van der Waals surface area contributed by atoms with Crippen LogP contribution in [-0.4, -0.2) is 52.9 Å². The predicted octanol–water partition coefficient (Wildman–Crippen LogP) is 9.34. The lowest BCUT2D eigenvalue weighted by atomic mass is 10.2. The molecule has 44 heavy (non-hydrogen) atoms. The summed E-state index contributed by atoms with van der Waals surface area (Å²) in [5, 5.41) is 26.0. The lowest BCUT2D eigenvalue weighted by Gasteiger charge is -2.21. The Morgan fingerprint density at radius 1 is 0.659 bits per heavy atom. The van der Waals surface area contributed by atoms with Gasteiger partial charge in [-0.2, -0.15) is 0 Å². The summed E-state index contributed by atoms with van der Waals surface area (Å²) in [6, 6.07) is 12.3. The number of benzene rings is 3. The van der Waals surface area contributed by atoms with Crippen molar-refractivity contribution >= 4 is 47.8 Å². The minimum atomic E-state index is -0.375.